The third-order valence-electron chi connectivity index (χ3n) is 3.60. The lowest BCUT2D eigenvalue weighted by atomic mass is 10.1. The van der Waals surface area contributed by atoms with E-state index in [1.807, 2.05) is 0 Å². The molecule has 1 aliphatic rings. The van der Waals surface area contributed by atoms with E-state index < -0.39 is 0 Å². The first-order valence-electron chi connectivity index (χ1n) is 6.65. The molecule has 0 radical (unpaired) electrons. The van der Waals surface area contributed by atoms with Gasteiger partial charge in [-0.3, -0.25) is 0 Å². The van der Waals surface area contributed by atoms with Crippen LogP contribution in [0.1, 0.15) is 43.8 Å². The summed E-state index contributed by atoms with van der Waals surface area (Å²) in [4.78, 5) is 12.0. The zero-order valence-corrected chi connectivity index (χ0v) is 12.0. The van der Waals surface area contributed by atoms with E-state index in [0.717, 1.165) is 29.4 Å². The van der Waals surface area contributed by atoms with Crippen molar-refractivity contribution in [1.82, 2.24) is 9.97 Å². The number of rotatable bonds is 4. The van der Waals surface area contributed by atoms with Gasteiger partial charge in [-0.05, 0) is 32.3 Å². The van der Waals surface area contributed by atoms with E-state index in [9.17, 15) is 0 Å². The largest absolute Gasteiger partial charge is 0.369 e. The van der Waals surface area contributed by atoms with Crippen molar-refractivity contribution in [2.45, 2.75) is 45.4 Å². The van der Waals surface area contributed by atoms with Gasteiger partial charge in [-0.1, -0.05) is 13.8 Å². The SMILES string of the molecule is CCCNc1nc(C2(C)CC2)nc2sc(C)cc12. The first-order chi connectivity index (χ1) is 8.62. The van der Waals surface area contributed by atoms with Crippen LogP contribution in [-0.4, -0.2) is 16.5 Å². The monoisotopic (exact) mass is 261 g/mol. The summed E-state index contributed by atoms with van der Waals surface area (Å²) < 4.78 is 0. The highest BCUT2D eigenvalue weighted by molar-refractivity contribution is 7.18. The number of nitrogens with one attached hydrogen (secondary N) is 1. The second-order valence-corrected chi connectivity index (χ2v) is 6.69. The molecule has 0 atom stereocenters. The van der Waals surface area contributed by atoms with Crippen molar-refractivity contribution in [1.29, 1.82) is 0 Å². The van der Waals surface area contributed by atoms with E-state index >= 15 is 0 Å². The second kappa shape index (κ2) is 4.19. The van der Waals surface area contributed by atoms with Crippen LogP contribution in [0.5, 0.6) is 0 Å². The van der Waals surface area contributed by atoms with Gasteiger partial charge >= 0.3 is 0 Å². The van der Waals surface area contributed by atoms with E-state index in [4.69, 9.17) is 9.97 Å². The predicted molar refractivity (Wildman–Crippen MR) is 77.5 cm³/mol. The van der Waals surface area contributed by atoms with Crippen LogP contribution in [-0.2, 0) is 5.41 Å². The highest BCUT2D eigenvalue weighted by Crippen LogP contribution is 2.47. The van der Waals surface area contributed by atoms with Crippen LogP contribution in [0.25, 0.3) is 10.2 Å². The lowest BCUT2D eigenvalue weighted by Crippen LogP contribution is -2.10. The van der Waals surface area contributed by atoms with Gasteiger partial charge in [0.2, 0.25) is 0 Å². The Labute approximate surface area is 112 Å². The zero-order valence-electron chi connectivity index (χ0n) is 11.2. The number of aromatic nitrogens is 2. The fraction of sp³-hybridized carbons (Fsp3) is 0.571. The van der Waals surface area contributed by atoms with Gasteiger partial charge in [0, 0.05) is 16.8 Å². The number of hydrogen-bond donors (Lipinski definition) is 1. The van der Waals surface area contributed by atoms with Gasteiger partial charge in [-0.25, -0.2) is 9.97 Å². The van der Waals surface area contributed by atoms with Gasteiger partial charge in [-0.15, -0.1) is 11.3 Å². The lowest BCUT2D eigenvalue weighted by Gasteiger charge is -2.11. The molecule has 1 fully saturated rings. The zero-order chi connectivity index (χ0) is 12.8. The molecule has 2 aromatic heterocycles. The van der Waals surface area contributed by atoms with Gasteiger partial charge < -0.3 is 5.32 Å². The normalized spacial score (nSPS) is 17.1. The molecule has 1 N–H and O–H groups in total. The first kappa shape index (κ1) is 11.9. The van der Waals surface area contributed by atoms with Crippen LogP contribution in [0.4, 0.5) is 5.82 Å². The molecule has 18 heavy (non-hydrogen) atoms. The topological polar surface area (TPSA) is 37.8 Å². The maximum absolute atomic E-state index is 4.77. The van der Waals surface area contributed by atoms with E-state index in [0.29, 0.717) is 0 Å². The number of fused-ring (bicyclic) bond motifs is 1. The number of nitrogens with zero attached hydrogens (tertiary/aromatic N) is 2. The second-order valence-electron chi connectivity index (χ2n) is 5.46. The van der Waals surface area contributed by atoms with Crippen LogP contribution >= 0.6 is 11.3 Å². The van der Waals surface area contributed by atoms with Crippen molar-refractivity contribution >= 4 is 27.4 Å². The summed E-state index contributed by atoms with van der Waals surface area (Å²) in [6, 6.07) is 2.19. The summed E-state index contributed by atoms with van der Waals surface area (Å²) in [6.07, 6.45) is 3.55. The Bertz CT molecular complexity index is 584. The molecular formula is C14H19N3S. The summed E-state index contributed by atoms with van der Waals surface area (Å²) in [5, 5.41) is 4.63. The molecule has 2 heterocycles. The van der Waals surface area contributed by atoms with Gasteiger partial charge in [-0.2, -0.15) is 0 Å². The lowest BCUT2D eigenvalue weighted by molar-refractivity contribution is 0.716. The molecule has 0 aromatic carbocycles. The van der Waals surface area contributed by atoms with Crippen LogP contribution in [0, 0.1) is 6.92 Å². The standard InChI is InChI=1S/C14H19N3S/c1-4-7-15-11-10-8-9(2)18-12(10)17-13(16-11)14(3)5-6-14/h8H,4-7H2,1-3H3,(H,15,16,17). The Morgan fingerprint density at radius 3 is 2.83 bits per heavy atom. The molecule has 1 aliphatic carbocycles. The molecule has 3 rings (SSSR count). The predicted octanol–water partition coefficient (Wildman–Crippen LogP) is 3.87. The van der Waals surface area contributed by atoms with E-state index in [2.05, 4.69) is 32.2 Å². The number of anilines is 1. The summed E-state index contributed by atoms with van der Waals surface area (Å²) in [5.41, 5.74) is 0.231. The minimum Gasteiger partial charge on any atom is -0.369 e. The molecule has 0 saturated heterocycles. The molecule has 0 spiro atoms. The molecule has 96 valence electrons. The quantitative estimate of drug-likeness (QED) is 0.907. The molecule has 2 aromatic rings. The third kappa shape index (κ3) is 1.99. The Hall–Kier alpha value is -1.16. The molecule has 4 heteroatoms. The van der Waals surface area contributed by atoms with Crippen molar-refractivity contribution < 1.29 is 0 Å². The van der Waals surface area contributed by atoms with E-state index in [-0.39, 0.29) is 5.41 Å². The highest BCUT2D eigenvalue weighted by atomic mass is 32.1. The number of aryl methyl sites for hydroxylation is 1. The molecule has 0 unspecified atom stereocenters. The van der Waals surface area contributed by atoms with Crippen molar-refractivity contribution in [3.05, 3.63) is 16.8 Å². The summed E-state index contributed by atoms with van der Waals surface area (Å²) >= 11 is 1.77. The van der Waals surface area contributed by atoms with Gasteiger partial charge in [0.05, 0.1) is 5.39 Å². The Kier molecular flexibility index (Phi) is 2.77. The van der Waals surface area contributed by atoms with Crippen molar-refractivity contribution in [3.63, 3.8) is 0 Å². The molecule has 1 saturated carbocycles. The van der Waals surface area contributed by atoms with Gasteiger partial charge in [0.1, 0.15) is 16.5 Å². The highest BCUT2D eigenvalue weighted by Gasteiger charge is 2.42. The maximum Gasteiger partial charge on any atom is 0.138 e. The molecule has 0 aliphatic heterocycles. The van der Waals surface area contributed by atoms with Crippen LogP contribution < -0.4 is 5.32 Å². The van der Waals surface area contributed by atoms with Gasteiger partial charge in [0.25, 0.3) is 0 Å². The van der Waals surface area contributed by atoms with Crippen molar-refractivity contribution in [2.24, 2.45) is 0 Å². The average molecular weight is 261 g/mol. The fourth-order valence-electron chi connectivity index (χ4n) is 2.10. The molecule has 0 amide bonds. The molecular weight excluding hydrogens is 242 g/mol. The Balaban J connectivity index is 2.10. The van der Waals surface area contributed by atoms with Crippen molar-refractivity contribution in [3.8, 4) is 0 Å². The summed E-state index contributed by atoms with van der Waals surface area (Å²) in [7, 11) is 0. The van der Waals surface area contributed by atoms with Crippen LogP contribution in [0.2, 0.25) is 0 Å². The minimum atomic E-state index is 0.231. The minimum absolute atomic E-state index is 0.231. The summed E-state index contributed by atoms with van der Waals surface area (Å²) in [6.45, 7) is 7.54. The molecule has 3 nitrogen and oxygen atoms in total. The fourth-order valence-corrected chi connectivity index (χ4v) is 2.98. The Morgan fingerprint density at radius 1 is 1.39 bits per heavy atom. The maximum atomic E-state index is 4.77. The summed E-state index contributed by atoms with van der Waals surface area (Å²) in [5.74, 6) is 2.05. The first-order valence-corrected chi connectivity index (χ1v) is 7.46. The van der Waals surface area contributed by atoms with E-state index in [1.54, 1.807) is 11.3 Å². The van der Waals surface area contributed by atoms with E-state index in [1.165, 1.54) is 23.1 Å². The third-order valence-corrected chi connectivity index (χ3v) is 4.54. The number of hydrogen-bond acceptors (Lipinski definition) is 4. The average Bonchev–Trinajstić information content (AvgIpc) is 2.97. The smallest absolute Gasteiger partial charge is 0.138 e. The van der Waals surface area contributed by atoms with Crippen LogP contribution in [0.3, 0.4) is 0 Å². The molecule has 0 bridgehead atoms. The van der Waals surface area contributed by atoms with Crippen LogP contribution in [0.15, 0.2) is 6.07 Å². The van der Waals surface area contributed by atoms with Crippen molar-refractivity contribution in [2.75, 3.05) is 11.9 Å². The van der Waals surface area contributed by atoms with Gasteiger partial charge in [0.15, 0.2) is 0 Å². The Morgan fingerprint density at radius 2 is 2.17 bits per heavy atom. The number of thiophene rings is 1.